The van der Waals surface area contributed by atoms with Crippen molar-refractivity contribution in [1.82, 2.24) is 4.98 Å². The van der Waals surface area contributed by atoms with E-state index in [1.54, 1.807) is 6.20 Å². The highest BCUT2D eigenvalue weighted by Crippen LogP contribution is 2.13. The fourth-order valence-corrected chi connectivity index (χ4v) is 1.53. The zero-order valence-electron chi connectivity index (χ0n) is 10.0. The normalized spacial score (nSPS) is 10.1. The number of nitrogen functional groups attached to an aromatic ring is 1. The molecule has 0 bridgehead atoms. The third-order valence-electron chi connectivity index (χ3n) is 2.56. The highest BCUT2D eigenvalue weighted by Gasteiger charge is 2.03. The molecule has 0 atom stereocenters. The molecule has 4 nitrogen and oxygen atoms in total. The van der Waals surface area contributed by atoms with Crippen LogP contribution in [0.4, 0.5) is 5.69 Å². The molecular weight excluding hydrogens is 200 g/mol. The maximum atomic E-state index is 7.34. The number of pyridine rings is 1. The largest absolute Gasteiger partial charge is 0.382 e. The van der Waals surface area contributed by atoms with Crippen LogP contribution in [-0.2, 0) is 0 Å². The first-order chi connectivity index (χ1) is 7.65. The molecule has 0 radical (unpaired) electrons. The van der Waals surface area contributed by atoms with Crippen LogP contribution in [0.5, 0.6) is 0 Å². The van der Waals surface area contributed by atoms with E-state index in [2.05, 4.69) is 23.9 Å². The van der Waals surface area contributed by atoms with Crippen molar-refractivity contribution in [2.24, 2.45) is 5.73 Å². The summed E-state index contributed by atoms with van der Waals surface area (Å²) < 4.78 is 0. The Morgan fingerprint density at radius 2 is 2.25 bits per heavy atom. The predicted molar refractivity (Wildman–Crippen MR) is 68.0 cm³/mol. The lowest BCUT2D eigenvalue weighted by Gasteiger charge is -2.19. The fourth-order valence-electron chi connectivity index (χ4n) is 1.53. The van der Waals surface area contributed by atoms with Crippen LogP contribution in [0.1, 0.15) is 31.9 Å². The third-order valence-corrected chi connectivity index (χ3v) is 2.56. The number of nitrogens with two attached hydrogens (primary N) is 1. The highest BCUT2D eigenvalue weighted by molar-refractivity contribution is 5.93. The summed E-state index contributed by atoms with van der Waals surface area (Å²) in [4.78, 5) is 6.21. The Morgan fingerprint density at radius 3 is 2.88 bits per heavy atom. The van der Waals surface area contributed by atoms with Crippen LogP contribution < -0.4 is 10.6 Å². The van der Waals surface area contributed by atoms with E-state index >= 15 is 0 Å². The van der Waals surface area contributed by atoms with Crippen LogP contribution in [0.2, 0.25) is 0 Å². The molecule has 0 amide bonds. The Labute approximate surface area is 97.0 Å². The quantitative estimate of drug-likeness (QED) is 0.438. The molecule has 0 saturated carbocycles. The second-order valence-corrected chi connectivity index (χ2v) is 3.94. The van der Waals surface area contributed by atoms with E-state index in [0.29, 0.717) is 5.69 Å². The number of hydrogen-bond donors (Lipinski definition) is 2. The second kappa shape index (κ2) is 6.10. The van der Waals surface area contributed by atoms with Gasteiger partial charge in [0.05, 0.1) is 0 Å². The molecule has 0 saturated heterocycles. The van der Waals surface area contributed by atoms with Gasteiger partial charge in [-0.2, -0.15) is 0 Å². The standard InChI is InChI=1S/C12H20N4/c1-3-4-5-8-16(2)10-6-7-15-11(9-10)12(13)14/h6-7,9H,3-5,8H2,1-2H3,(H3,13,14). The Morgan fingerprint density at radius 1 is 1.50 bits per heavy atom. The molecule has 0 spiro atoms. The topological polar surface area (TPSA) is 66.0 Å². The van der Waals surface area contributed by atoms with Crippen LogP contribution in [0.3, 0.4) is 0 Å². The second-order valence-electron chi connectivity index (χ2n) is 3.94. The number of unbranched alkanes of at least 4 members (excludes halogenated alkanes) is 2. The van der Waals surface area contributed by atoms with Gasteiger partial charge in [-0.05, 0) is 18.6 Å². The van der Waals surface area contributed by atoms with Gasteiger partial charge < -0.3 is 10.6 Å². The number of nitrogens with zero attached hydrogens (tertiary/aromatic N) is 2. The van der Waals surface area contributed by atoms with Crippen molar-refractivity contribution in [3.8, 4) is 0 Å². The minimum atomic E-state index is 0.0174. The first-order valence-electron chi connectivity index (χ1n) is 5.66. The summed E-state index contributed by atoms with van der Waals surface area (Å²) in [6.45, 7) is 3.22. The first kappa shape index (κ1) is 12.5. The molecule has 16 heavy (non-hydrogen) atoms. The number of amidine groups is 1. The molecule has 1 aromatic rings. The molecular formula is C12H20N4. The zero-order valence-corrected chi connectivity index (χ0v) is 10.0. The molecule has 3 N–H and O–H groups in total. The van der Waals surface area contributed by atoms with E-state index in [9.17, 15) is 0 Å². The van der Waals surface area contributed by atoms with Gasteiger partial charge in [-0.1, -0.05) is 19.8 Å². The summed E-state index contributed by atoms with van der Waals surface area (Å²) in [6.07, 6.45) is 5.35. The monoisotopic (exact) mass is 220 g/mol. The summed E-state index contributed by atoms with van der Waals surface area (Å²) in [5.74, 6) is 0.0174. The van der Waals surface area contributed by atoms with Crippen molar-refractivity contribution in [3.63, 3.8) is 0 Å². The van der Waals surface area contributed by atoms with Gasteiger partial charge in [0.2, 0.25) is 0 Å². The number of aromatic nitrogens is 1. The van der Waals surface area contributed by atoms with Crippen LogP contribution in [0, 0.1) is 5.41 Å². The van der Waals surface area contributed by atoms with Gasteiger partial charge in [-0.3, -0.25) is 10.4 Å². The van der Waals surface area contributed by atoms with Crippen molar-refractivity contribution in [2.45, 2.75) is 26.2 Å². The lowest BCUT2D eigenvalue weighted by molar-refractivity contribution is 0.705. The van der Waals surface area contributed by atoms with Crippen molar-refractivity contribution >= 4 is 11.5 Å². The van der Waals surface area contributed by atoms with Crippen molar-refractivity contribution in [2.75, 3.05) is 18.5 Å². The van der Waals surface area contributed by atoms with Gasteiger partial charge in [-0.15, -0.1) is 0 Å². The average Bonchev–Trinajstić information content (AvgIpc) is 2.29. The first-order valence-corrected chi connectivity index (χ1v) is 5.66. The predicted octanol–water partition coefficient (Wildman–Crippen LogP) is 1.99. The van der Waals surface area contributed by atoms with Crippen molar-refractivity contribution < 1.29 is 0 Å². The van der Waals surface area contributed by atoms with Gasteiger partial charge in [-0.25, -0.2) is 0 Å². The summed E-state index contributed by atoms with van der Waals surface area (Å²) in [5.41, 5.74) is 7.01. The number of rotatable bonds is 6. The minimum Gasteiger partial charge on any atom is -0.382 e. The van der Waals surface area contributed by atoms with Gasteiger partial charge >= 0.3 is 0 Å². The SMILES string of the molecule is CCCCCN(C)c1ccnc(C(=N)N)c1. The van der Waals surface area contributed by atoms with Crippen LogP contribution in [-0.4, -0.2) is 24.4 Å². The van der Waals surface area contributed by atoms with Crippen molar-refractivity contribution in [1.29, 1.82) is 5.41 Å². The van der Waals surface area contributed by atoms with E-state index in [0.717, 1.165) is 12.2 Å². The smallest absolute Gasteiger partial charge is 0.141 e. The van der Waals surface area contributed by atoms with Gasteiger partial charge in [0.1, 0.15) is 11.5 Å². The molecule has 1 heterocycles. The number of anilines is 1. The molecule has 1 rings (SSSR count). The summed E-state index contributed by atoms with van der Waals surface area (Å²) in [6, 6.07) is 3.80. The number of hydrogen-bond acceptors (Lipinski definition) is 3. The summed E-state index contributed by atoms with van der Waals surface area (Å²) in [5, 5.41) is 7.34. The Balaban J connectivity index is 2.64. The fraction of sp³-hybridized carbons (Fsp3) is 0.500. The Bertz CT molecular complexity index is 349. The van der Waals surface area contributed by atoms with E-state index in [1.807, 2.05) is 12.1 Å². The lowest BCUT2D eigenvalue weighted by atomic mass is 10.2. The third kappa shape index (κ3) is 3.53. The van der Waals surface area contributed by atoms with Crippen molar-refractivity contribution in [3.05, 3.63) is 24.0 Å². The van der Waals surface area contributed by atoms with E-state index in [1.165, 1.54) is 19.3 Å². The highest BCUT2D eigenvalue weighted by atomic mass is 15.1. The van der Waals surface area contributed by atoms with Crippen LogP contribution in [0.25, 0.3) is 0 Å². The summed E-state index contributed by atoms with van der Waals surface area (Å²) in [7, 11) is 2.05. The molecule has 0 unspecified atom stereocenters. The minimum absolute atomic E-state index is 0.0174. The van der Waals surface area contributed by atoms with Gasteiger partial charge in [0, 0.05) is 25.5 Å². The Hall–Kier alpha value is -1.58. The zero-order chi connectivity index (χ0) is 12.0. The van der Waals surface area contributed by atoms with E-state index < -0.39 is 0 Å². The van der Waals surface area contributed by atoms with Gasteiger partial charge in [0.15, 0.2) is 0 Å². The molecule has 0 fully saturated rings. The van der Waals surface area contributed by atoms with Gasteiger partial charge in [0.25, 0.3) is 0 Å². The van der Waals surface area contributed by atoms with Crippen LogP contribution >= 0.6 is 0 Å². The molecule has 4 heteroatoms. The van der Waals surface area contributed by atoms with E-state index in [-0.39, 0.29) is 5.84 Å². The number of nitrogens with one attached hydrogen (secondary N) is 1. The van der Waals surface area contributed by atoms with E-state index in [4.69, 9.17) is 11.1 Å². The maximum Gasteiger partial charge on any atom is 0.141 e. The molecule has 0 aliphatic carbocycles. The summed E-state index contributed by atoms with van der Waals surface area (Å²) >= 11 is 0. The molecule has 88 valence electrons. The molecule has 0 aliphatic heterocycles. The molecule has 1 aromatic heterocycles. The Kier molecular flexibility index (Phi) is 4.76. The molecule has 0 aliphatic rings. The average molecular weight is 220 g/mol. The van der Waals surface area contributed by atoms with Crippen LogP contribution in [0.15, 0.2) is 18.3 Å². The molecule has 0 aromatic carbocycles. The maximum absolute atomic E-state index is 7.34. The lowest BCUT2D eigenvalue weighted by Crippen LogP contribution is -2.20.